The predicted molar refractivity (Wildman–Crippen MR) is 60.5 cm³/mol. The molecule has 0 bridgehead atoms. The number of hydrogen-bond acceptors (Lipinski definition) is 2. The molecule has 2 rings (SSSR count). The highest BCUT2D eigenvalue weighted by atomic mass is 15.2. The molecule has 2 nitrogen and oxygen atoms in total. The quantitative estimate of drug-likeness (QED) is 0.743. The van der Waals surface area contributed by atoms with Crippen LogP contribution in [0, 0.1) is 0 Å². The first-order valence-corrected chi connectivity index (χ1v) is 6.30. The molecule has 2 heteroatoms. The fourth-order valence-corrected chi connectivity index (χ4v) is 3.23. The normalized spacial score (nSPS) is 39.4. The summed E-state index contributed by atoms with van der Waals surface area (Å²) in [5.74, 6) is 0. The van der Waals surface area contributed by atoms with Gasteiger partial charge in [-0.05, 0) is 52.1 Å². The van der Waals surface area contributed by atoms with Crippen molar-refractivity contribution in [3.63, 3.8) is 0 Å². The van der Waals surface area contributed by atoms with E-state index < -0.39 is 0 Å². The minimum atomic E-state index is 0.804. The molecule has 2 aliphatic rings. The van der Waals surface area contributed by atoms with Crippen LogP contribution in [-0.2, 0) is 0 Å². The summed E-state index contributed by atoms with van der Waals surface area (Å²) in [5, 5.41) is 3.59. The molecule has 0 aromatic heterocycles. The lowest BCUT2D eigenvalue weighted by Gasteiger charge is -2.28. The maximum atomic E-state index is 3.59. The molecule has 2 fully saturated rings. The highest BCUT2D eigenvalue weighted by molar-refractivity contribution is 4.90. The molecule has 0 spiro atoms. The zero-order valence-electron chi connectivity index (χ0n) is 9.63. The van der Waals surface area contributed by atoms with E-state index in [9.17, 15) is 0 Å². The Kier molecular flexibility index (Phi) is 3.45. The Balaban J connectivity index is 1.82. The van der Waals surface area contributed by atoms with E-state index in [-0.39, 0.29) is 0 Å². The summed E-state index contributed by atoms with van der Waals surface area (Å²) in [6, 6.07) is 2.54. The van der Waals surface area contributed by atoms with Crippen molar-refractivity contribution >= 4 is 0 Å². The van der Waals surface area contributed by atoms with E-state index in [0.29, 0.717) is 0 Å². The highest BCUT2D eigenvalue weighted by Gasteiger charge is 2.33. The first-order valence-electron chi connectivity index (χ1n) is 6.30. The summed E-state index contributed by atoms with van der Waals surface area (Å²) >= 11 is 0. The van der Waals surface area contributed by atoms with Gasteiger partial charge in [-0.15, -0.1) is 0 Å². The van der Waals surface area contributed by atoms with Crippen LogP contribution in [-0.4, -0.2) is 36.1 Å². The molecule has 3 atom stereocenters. The van der Waals surface area contributed by atoms with Gasteiger partial charge in [0.25, 0.3) is 0 Å². The van der Waals surface area contributed by atoms with Crippen LogP contribution in [0.1, 0.15) is 46.0 Å². The van der Waals surface area contributed by atoms with Gasteiger partial charge in [-0.1, -0.05) is 6.92 Å². The van der Waals surface area contributed by atoms with Crippen LogP contribution in [0.3, 0.4) is 0 Å². The lowest BCUT2D eigenvalue weighted by Crippen LogP contribution is -2.37. The standard InChI is InChI=1S/C12H24N2/c1-3-13-11-6-7-12(9-11)14-8-4-5-10(14)2/h10-13H,3-9H2,1-2H3. The summed E-state index contributed by atoms with van der Waals surface area (Å²) in [4.78, 5) is 2.75. The fourth-order valence-electron chi connectivity index (χ4n) is 3.23. The van der Waals surface area contributed by atoms with E-state index >= 15 is 0 Å². The first-order chi connectivity index (χ1) is 6.81. The number of nitrogens with zero attached hydrogens (tertiary/aromatic N) is 1. The van der Waals surface area contributed by atoms with Gasteiger partial charge in [0, 0.05) is 18.1 Å². The minimum absolute atomic E-state index is 0.804. The molecular weight excluding hydrogens is 172 g/mol. The second kappa shape index (κ2) is 4.63. The van der Waals surface area contributed by atoms with Gasteiger partial charge >= 0.3 is 0 Å². The van der Waals surface area contributed by atoms with Crippen LogP contribution in [0.15, 0.2) is 0 Å². The lowest BCUT2D eigenvalue weighted by atomic mass is 10.2. The second-order valence-corrected chi connectivity index (χ2v) is 4.95. The van der Waals surface area contributed by atoms with Crippen molar-refractivity contribution < 1.29 is 0 Å². The molecule has 1 aliphatic carbocycles. The van der Waals surface area contributed by atoms with Gasteiger partial charge in [0.15, 0.2) is 0 Å². The van der Waals surface area contributed by atoms with Crippen molar-refractivity contribution in [2.75, 3.05) is 13.1 Å². The van der Waals surface area contributed by atoms with E-state index in [0.717, 1.165) is 24.7 Å². The van der Waals surface area contributed by atoms with Crippen LogP contribution in [0.2, 0.25) is 0 Å². The zero-order valence-corrected chi connectivity index (χ0v) is 9.63. The van der Waals surface area contributed by atoms with Crippen molar-refractivity contribution in [1.82, 2.24) is 10.2 Å². The Morgan fingerprint density at radius 2 is 2.14 bits per heavy atom. The summed E-state index contributed by atoms with van der Waals surface area (Å²) in [7, 11) is 0. The SMILES string of the molecule is CCNC1CCC(N2CCCC2C)C1. The molecule has 0 radical (unpaired) electrons. The van der Waals surface area contributed by atoms with Gasteiger partial charge in [0.05, 0.1) is 0 Å². The summed E-state index contributed by atoms with van der Waals surface area (Å²) in [6.07, 6.45) is 7.04. The number of nitrogens with one attached hydrogen (secondary N) is 1. The van der Waals surface area contributed by atoms with Crippen molar-refractivity contribution in [2.24, 2.45) is 0 Å². The van der Waals surface area contributed by atoms with Gasteiger partial charge in [-0.3, -0.25) is 4.90 Å². The molecule has 0 amide bonds. The molecule has 1 saturated carbocycles. The molecule has 0 aromatic rings. The van der Waals surface area contributed by atoms with Crippen molar-refractivity contribution in [1.29, 1.82) is 0 Å². The van der Waals surface area contributed by atoms with Gasteiger partial charge in [-0.2, -0.15) is 0 Å². The zero-order chi connectivity index (χ0) is 9.97. The Morgan fingerprint density at radius 1 is 1.29 bits per heavy atom. The van der Waals surface area contributed by atoms with Crippen molar-refractivity contribution in [3.05, 3.63) is 0 Å². The van der Waals surface area contributed by atoms with Gasteiger partial charge < -0.3 is 5.32 Å². The smallest absolute Gasteiger partial charge is 0.0113 e. The molecule has 3 unspecified atom stereocenters. The van der Waals surface area contributed by atoms with Crippen molar-refractivity contribution in [2.45, 2.75) is 64.1 Å². The lowest BCUT2D eigenvalue weighted by molar-refractivity contribution is 0.190. The van der Waals surface area contributed by atoms with E-state index in [2.05, 4.69) is 24.1 Å². The number of likely N-dealkylation sites (tertiary alicyclic amines) is 1. The van der Waals surface area contributed by atoms with Gasteiger partial charge in [-0.25, -0.2) is 0 Å². The summed E-state index contributed by atoms with van der Waals surface area (Å²) in [5.41, 5.74) is 0. The average molecular weight is 196 g/mol. The van der Waals surface area contributed by atoms with Crippen LogP contribution in [0.5, 0.6) is 0 Å². The summed E-state index contributed by atoms with van der Waals surface area (Å²) < 4.78 is 0. The number of rotatable bonds is 3. The van der Waals surface area contributed by atoms with Crippen LogP contribution in [0.25, 0.3) is 0 Å². The van der Waals surface area contributed by atoms with Crippen molar-refractivity contribution in [3.8, 4) is 0 Å². The molecule has 82 valence electrons. The Bertz CT molecular complexity index is 181. The molecular formula is C12H24N2. The maximum absolute atomic E-state index is 3.59. The predicted octanol–water partition coefficient (Wildman–Crippen LogP) is 2.00. The Hall–Kier alpha value is -0.0800. The molecule has 1 N–H and O–H groups in total. The first kappa shape index (κ1) is 10.4. The second-order valence-electron chi connectivity index (χ2n) is 4.95. The van der Waals surface area contributed by atoms with Crippen LogP contribution >= 0.6 is 0 Å². The van der Waals surface area contributed by atoms with E-state index in [1.54, 1.807) is 0 Å². The molecule has 0 aromatic carbocycles. The molecule has 14 heavy (non-hydrogen) atoms. The van der Waals surface area contributed by atoms with Crippen LogP contribution < -0.4 is 5.32 Å². The third kappa shape index (κ3) is 2.12. The fraction of sp³-hybridized carbons (Fsp3) is 1.00. The highest BCUT2D eigenvalue weighted by Crippen LogP contribution is 2.29. The Labute approximate surface area is 88.1 Å². The average Bonchev–Trinajstić information content (AvgIpc) is 2.74. The van der Waals surface area contributed by atoms with E-state index in [1.807, 2.05) is 0 Å². The molecule has 1 aliphatic heterocycles. The molecule has 1 heterocycles. The van der Waals surface area contributed by atoms with E-state index in [1.165, 1.54) is 38.6 Å². The number of hydrogen-bond donors (Lipinski definition) is 1. The Morgan fingerprint density at radius 3 is 2.79 bits per heavy atom. The summed E-state index contributed by atoms with van der Waals surface area (Å²) in [6.45, 7) is 7.09. The third-order valence-electron chi connectivity index (χ3n) is 3.97. The molecule has 1 saturated heterocycles. The van der Waals surface area contributed by atoms with E-state index in [4.69, 9.17) is 0 Å². The topological polar surface area (TPSA) is 15.3 Å². The van der Waals surface area contributed by atoms with Gasteiger partial charge in [0.2, 0.25) is 0 Å². The monoisotopic (exact) mass is 196 g/mol. The van der Waals surface area contributed by atoms with Gasteiger partial charge in [0.1, 0.15) is 0 Å². The largest absolute Gasteiger partial charge is 0.314 e. The minimum Gasteiger partial charge on any atom is -0.314 e. The third-order valence-corrected chi connectivity index (χ3v) is 3.97. The van der Waals surface area contributed by atoms with Crippen LogP contribution in [0.4, 0.5) is 0 Å². The maximum Gasteiger partial charge on any atom is 0.0113 e.